The Morgan fingerprint density at radius 2 is 1.78 bits per heavy atom. The first kappa shape index (κ1) is 18.5. The van der Waals surface area contributed by atoms with Crippen molar-refractivity contribution in [3.8, 4) is 0 Å². The van der Waals surface area contributed by atoms with Crippen molar-refractivity contribution in [1.29, 1.82) is 0 Å². The second kappa shape index (κ2) is 7.95. The van der Waals surface area contributed by atoms with Crippen LogP contribution in [0.15, 0.2) is 48.5 Å². The first-order valence-corrected chi connectivity index (χ1v) is 8.64. The second-order valence-corrected chi connectivity index (χ2v) is 6.40. The van der Waals surface area contributed by atoms with Crippen LogP contribution in [0.1, 0.15) is 32.9 Å². The summed E-state index contributed by atoms with van der Waals surface area (Å²) >= 11 is 0. The Morgan fingerprint density at radius 3 is 2.52 bits per heavy atom. The first-order valence-electron chi connectivity index (χ1n) is 8.64. The second-order valence-electron chi connectivity index (χ2n) is 6.40. The van der Waals surface area contributed by atoms with E-state index in [0.717, 1.165) is 22.4 Å². The van der Waals surface area contributed by atoms with E-state index in [9.17, 15) is 9.18 Å². The van der Waals surface area contributed by atoms with E-state index in [2.05, 4.69) is 20.6 Å². The molecule has 2 N–H and O–H groups in total. The number of rotatable bonds is 5. The number of aromatic nitrogens is 2. The Kier molecular flexibility index (Phi) is 5.45. The highest BCUT2D eigenvalue weighted by atomic mass is 19.1. The number of benzene rings is 2. The molecule has 3 aromatic rings. The summed E-state index contributed by atoms with van der Waals surface area (Å²) in [4.78, 5) is 21.2. The van der Waals surface area contributed by atoms with Crippen LogP contribution in [-0.4, -0.2) is 15.9 Å². The predicted octanol–water partition coefficient (Wildman–Crippen LogP) is 4.21. The highest BCUT2D eigenvalue weighted by Gasteiger charge is 2.11. The molecule has 27 heavy (non-hydrogen) atoms. The van der Waals surface area contributed by atoms with E-state index >= 15 is 0 Å². The van der Waals surface area contributed by atoms with Gasteiger partial charge in [0.2, 0.25) is 5.95 Å². The fraction of sp³-hybridized carbons (Fsp3) is 0.190. The SMILES string of the molecule is Cc1cc(C(=O)NCc2ccc(F)cc2)nc(Nc2cccc(C)c2C)n1. The number of hydrogen-bond acceptors (Lipinski definition) is 4. The van der Waals surface area contributed by atoms with E-state index < -0.39 is 0 Å². The number of carbonyl (C=O) groups is 1. The molecule has 0 atom stereocenters. The fourth-order valence-electron chi connectivity index (χ4n) is 2.62. The van der Waals surface area contributed by atoms with Gasteiger partial charge in [-0.05, 0) is 61.7 Å². The monoisotopic (exact) mass is 364 g/mol. The topological polar surface area (TPSA) is 66.9 Å². The van der Waals surface area contributed by atoms with Crippen LogP contribution in [0.5, 0.6) is 0 Å². The number of anilines is 2. The van der Waals surface area contributed by atoms with Crippen molar-refractivity contribution in [2.24, 2.45) is 0 Å². The van der Waals surface area contributed by atoms with Gasteiger partial charge in [0.15, 0.2) is 0 Å². The molecule has 0 saturated carbocycles. The summed E-state index contributed by atoms with van der Waals surface area (Å²) < 4.78 is 13.0. The summed E-state index contributed by atoms with van der Waals surface area (Å²) in [5.74, 6) is -0.247. The van der Waals surface area contributed by atoms with Crippen LogP contribution in [0.25, 0.3) is 0 Å². The normalized spacial score (nSPS) is 10.5. The third kappa shape index (κ3) is 4.67. The quantitative estimate of drug-likeness (QED) is 0.711. The van der Waals surface area contributed by atoms with Crippen LogP contribution in [0.3, 0.4) is 0 Å². The molecule has 0 radical (unpaired) electrons. The Balaban J connectivity index is 1.75. The third-order valence-corrected chi connectivity index (χ3v) is 4.30. The summed E-state index contributed by atoms with van der Waals surface area (Å²) in [6, 6.07) is 13.6. The third-order valence-electron chi connectivity index (χ3n) is 4.30. The smallest absolute Gasteiger partial charge is 0.270 e. The molecule has 1 heterocycles. The molecule has 0 spiro atoms. The van der Waals surface area contributed by atoms with Crippen molar-refractivity contribution in [1.82, 2.24) is 15.3 Å². The minimum Gasteiger partial charge on any atom is -0.347 e. The predicted molar refractivity (Wildman–Crippen MR) is 104 cm³/mol. The van der Waals surface area contributed by atoms with Crippen molar-refractivity contribution in [2.75, 3.05) is 5.32 Å². The zero-order chi connectivity index (χ0) is 19.4. The highest BCUT2D eigenvalue weighted by Crippen LogP contribution is 2.21. The van der Waals surface area contributed by atoms with Gasteiger partial charge in [-0.25, -0.2) is 14.4 Å². The molecular weight excluding hydrogens is 343 g/mol. The lowest BCUT2D eigenvalue weighted by Gasteiger charge is -2.12. The van der Waals surface area contributed by atoms with Gasteiger partial charge in [-0.3, -0.25) is 4.79 Å². The minimum absolute atomic E-state index is 0.275. The zero-order valence-corrected chi connectivity index (χ0v) is 15.5. The summed E-state index contributed by atoms with van der Waals surface area (Å²) in [5, 5.41) is 5.98. The van der Waals surface area contributed by atoms with Crippen LogP contribution in [0, 0.1) is 26.6 Å². The molecule has 0 saturated heterocycles. The van der Waals surface area contributed by atoms with Crippen molar-refractivity contribution in [3.63, 3.8) is 0 Å². The molecule has 0 aliphatic rings. The summed E-state index contributed by atoms with van der Waals surface area (Å²) in [5.41, 5.74) is 4.93. The van der Waals surface area contributed by atoms with Gasteiger partial charge in [0, 0.05) is 17.9 Å². The molecule has 6 heteroatoms. The van der Waals surface area contributed by atoms with Gasteiger partial charge in [0.05, 0.1) is 0 Å². The largest absolute Gasteiger partial charge is 0.347 e. The average molecular weight is 364 g/mol. The van der Waals surface area contributed by atoms with Crippen LogP contribution in [-0.2, 0) is 6.54 Å². The Bertz CT molecular complexity index is 970. The number of nitrogens with zero attached hydrogens (tertiary/aromatic N) is 2. The Labute approximate surface area is 157 Å². The van der Waals surface area contributed by atoms with E-state index in [0.29, 0.717) is 18.2 Å². The maximum Gasteiger partial charge on any atom is 0.270 e. The number of hydrogen-bond donors (Lipinski definition) is 2. The lowest BCUT2D eigenvalue weighted by Crippen LogP contribution is -2.24. The molecule has 3 rings (SSSR count). The van der Waals surface area contributed by atoms with Crippen LogP contribution < -0.4 is 10.6 Å². The van der Waals surface area contributed by atoms with Crippen molar-refractivity contribution in [2.45, 2.75) is 27.3 Å². The zero-order valence-electron chi connectivity index (χ0n) is 15.5. The molecule has 0 unspecified atom stereocenters. The molecule has 0 aliphatic carbocycles. The van der Waals surface area contributed by atoms with Gasteiger partial charge in [-0.15, -0.1) is 0 Å². The van der Waals surface area contributed by atoms with E-state index in [-0.39, 0.29) is 17.4 Å². The summed E-state index contributed by atoms with van der Waals surface area (Å²) in [6.07, 6.45) is 0. The van der Waals surface area contributed by atoms with Gasteiger partial charge >= 0.3 is 0 Å². The van der Waals surface area contributed by atoms with Crippen LogP contribution >= 0.6 is 0 Å². The lowest BCUT2D eigenvalue weighted by molar-refractivity contribution is 0.0945. The average Bonchev–Trinajstić information content (AvgIpc) is 2.64. The van der Waals surface area contributed by atoms with E-state index in [1.807, 2.05) is 39.0 Å². The van der Waals surface area contributed by atoms with Crippen molar-refractivity contribution < 1.29 is 9.18 Å². The summed E-state index contributed by atoms with van der Waals surface area (Å²) in [6.45, 7) is 6.16. The molecular formula is C21H21FN4O. The fourth-order valence-corrected chi connectivity index (χ4v) is 2.62. The van der Waals surface area contributed by atoms with E-state index in [1.54, 1.807) is 18.2 Å². The molecule has 0 aliphatic heterocycles. The number of aryl methyl sites for hydroxylation is 2. The molecule has 2 aromatic carbocycles. The van der Waals surface area contributed by atoms with Gasteiger partial charge in [-0.1, -0.05) is 24.3 Å². The van der Waals surface area contributed by atoms with Gasteiger partial charge < -0.3 is 10.6 Å². The molecule has 138 valence electrons. The Morgan fingerprint density at radius 1 is 1.04 bits per heavy atom. The maximum atomic E-state index is 13.0. The van der Waals surface area contributed by atoms with Crippen LogP contribution in [0.2, 0.25) is 0 Å². The number of nitrogens with one attached hydrogen (secondary N) is 2. The van der Waals surface area contributed by atoms with Crippen molar-refractivity contribution in [3.05, 3.63) is 82.4 Å². The first-order chi connectivity index (χ1) is 12.9. The van der Waals surface area contributed by atoms with E-state index in [4.69, 9.17) is 0 Å². The standard InChI is InChI=1S/C21H21FN4O/c1-13-5-4-6-18(15(13)3)25-21-24-14(2)11-19(26-21)20(27)23-12-16-7-9-17(22)10-8-16/h4-11H,12H2,1-3H3,(H,23,27)(H,24,25,26). The number of amides is 1. The Hall–Kier alpha value is -3.28. The van der Waals surface area contributed by atoms with Gasteiger partial charge in [-0.2, -0.15) is 0 Å². The van der Waals surface area contributed by atoms with Gasteiger partial charge in [0.25, 0.3) is 5.91 Å². The van der Waals surface area contributed by atoms with Crippen LogP contribution in [0.4, 0.5) is 16.0 Å². The highest BCUT2D eigenvalue weighted by molar-refractivity contribution is 5.92. The number of halogens is 1. The molecule has 1 aromatic heterocycles. The summed E-state index contributed by atoms with van der Waals surface area (Å²) in [7, 11) is 0. The maximum absolute atomic E-state index is 13.0. The van der Waals surface area contributed by atoms with Gasteiger partial charge in [0.1, 0.15) is 11.5 Å². The lowest BCUT2D eigenvalue weighted by atomic mass is 10.1. The van der Waals surface area contributed by atoms with E-state index in [1.165, 1.54) is 12.1 Å². The molecule has 5 nitrogen and oxygen atoms in total. The van der Waals surface area contributed by atoms with Crippen molar-refractivity contribution >= 4 is 17.5 Å². The minimum atomic E-state index is -0.311. The molecule has 0 fully saturated rings. The molecule has 0 bridgehead atoms. The molecule has 1 amide bonds. The number of carbonyl (C=O) groups excluding carboxylic acids is 1.